The van der Waals surface area contributed by atoms with Crippen LogP contribution in [0.1, 0.15) is 28.7 Å². The summed E-state index contributed by atoms with van der Waals surface area (Å²) in [5.41, 5.74) is -2.03. The molecule has 1 amide bonds. The highest BCUT2D eigenvalue weighted by molar-refractivity contribution is 8.76. The summed E-state index contributed by atoms with van der Waals surface area (Å²) in [5.74, 6) is -3.77. The van der Waals surface area contributed by atoms with Crippen molar-refractivity contribution in [3.63, 3.8) is 0 Å². The van der Waals surface area contributed by atoms with Crippen molar-refractivity contribution >= 4 is 44.6 Å². The number of rotatable bonds is 8. The molecule has 2 N–H and O–H groups in total. The second kappa shape index (κ2) is 18.7. The first kappa shape index (κ1) is 41.8. The Bertz CT molecular complexity index is 2610. The summed E-state index contributed by atoms with van der Waals surface area (Å²) in [7, 11) is 3.81. The Balaban J connectivity index is 0.928. The quantitative estimate of drug-likeness (QED) is 0.0688. The summed E-state index contributed by atoms with van der Waals surface area (Å²) in [6, 6.07) is 22.2. The van der Waals surface area contributed by atoms with Crippen molar-refractivity contribution in [3.05, 3.63) is 160 Å². The van der Waals surface area contributed by atoms with Gasteiger partial charge in [0, 0.05) is 83.6 Å². The molecule has 1 fully saturated rings. The van der Waals surface area contributed by atoms with Gasteiger partial charge < -0.3 is 20.1 Å². The largest absolute Gasteiger partial charge is 0.380 e. The Morgan fingerprint density at radius 2 is 1.07 bits per heavy atom. The van der Waals surface area contributed by atoms with E-state index >= 15 is 17.6 Å². The van der Waals surface area contributed by atoms with Gasteiger partial charge in [-0.2, -0.15) is 0 Å². The van der Waals surface area contributed by atoms with Gasteiger partial charge in [0.1, 0.15) is 11.4 Å². The maximum atomic E-state index is 15.1. The minimum atomic E-state index is -2.34. The SMILES string of the molecule is O=C(CCNc1c(F)c(F)c(-c2c(F)c(F)c(-n3ccnc3)c(F)c2F)c(F)c1F)Nc1ccc(C#Cc2ccc(C#Cc3ccc(N4CCSSCC4)cc3)cc2)cc1. The summed E-state index contributed by atoms with van der Waals surface area (Å²) < 4.78 is 120. The van der Waals surface area contributed by atoms with Crippen LogP contribution in [0.5, 0.6) is 0 Å². The van der Waals surface area contributed by atoms with Gasteiger partial charge in [-0.3, -0.25) is 4.79 Å². The number of carbonyl (C=O) groups excluding carboxylic acids is 1. The third-order valence-electron chi connectivity index (χ3n) is 9.13. The van der Waals surface area contributed by atoms with E-state index < -0.39 is 87.9 Å². The molecule has 0 saturated carbocycles. The van der Waals surface area contributed by atoms with Gasteiger partial charge in [-0.1, -0.05) is 45.3 Å². The molecule has 304 valence electrons. The Morgan fingerprint density at radius 3 is 1.53 bits per heavy atom. The molecule has 60 heavy (non-hydrogen) atoms. The lowest BCUT2D eigenvalue weighted by molar-refractivity contribution is -0.115. The fourth-order valence-electron chi connectivity index (χ4n) is 6.09. The standard InChI is InChI=1S/C44H29F8N5OS2/c45-35-33(34-37(47)41(51)44(42(52)38(34)48)57-20-19-53-25-57)36(46)40(50)43(39(35)49)54-18-17-32(58)55-30-13-9-28(10-14-30)7-5-26-1-3-27(4-2-26)6-8-29-11-15-31(16-12-29)56-21-23-59-60-24-22-56/h1-4,9-16,19-20,25,54H,17-18,21-24H2,(H,55,58). The second-order valence-corrected chi connectivity index (χ2v) is 15.7. The van der Waals surface area contributed by atoms with Crippen LogP contribution in [0.3, 0.4) is 0 Å². The average Bonchev–Trinajstić information content (AvgIpc) is 3.65. The molecule has 6 nitrogen and oxygen atoms in total. The van der Waals surface area contributed by atoms with Crippen molar-refractivity contribution in [1.82, 2.24) is 9.55 Å². The molecule has 16 heteroatoms. The van der Waals surface area contributed by atoms with Crippen molar-refractivity contribution < 1.29 is 39.9 Å². The van der Waals surface area contributed by atoms with Crippen LogP contribution in [0.25, 0.3) is 16.8 Å². The molecular formula is C44H29F8N5OS2. The number of nitrogens with zero attached hydrogens (tertiary/aromatic N) is 3. The Kier molecular flexibility index (Phi) is 13.0. The highest BCUT2D eigenvalue weighted by Gasteiger charge is 2.34. The molecule has 0 atom stereocenters. The molecule has 0 bridgehead atoms. The van der Waals surface area contributed by atoms with Gasteiger partial charge >= 0.3 is 0 Å². The normalized spacial score (nSPS) is 12.5. The van der Waals surface area contributed by atoms with E-state index in [0.29, 0.717) is 15.8 Å². The lowest BCUT2D eigenvalue weighted by Gasteiger charge is -2.21. The summed E-state index contributed by atoms with van der Waals surface area (Å²) in [4.78, 5) is 18.4. The molecule has 6 aromatic rings. The number of nitrogens with one attached hydrogen (secondary N) is 2. The number of imidazole rings is 1. The maximum absolute atomic E-state index is 15.1. The highest BCUT2D eigenvalue weighted by atomic mass is 33.1. The number of hydrogen-bond acceptors (Lipinski definition) is 6. The van der Waals surface area contributed by atoms with E-state index in [9.17, 15) is 22.4 Å². The number of anilines is 3. The smallest absolute Gasteiger partial charge is 0.226 e. The van der Waals surface area contributed by atoms with Crippen LogP contribution < -0.4 is 15.5 Å². The van der Waals surface area contributed by atoms with E-state index in [1.54, 1.807) is 24.3 Å². The zero-order valence-electron chi connectivity index (χ0n) is 31.0. The predicted octanol–water partition coefficient (Wildman–Crippen LogP) is 10.1. The maximum Gasteiger partial charge on any atom is 0.226 e. The summed E-state index contributed by atoms with van der Waals surface area (Å²) in [6.45, 7) is 1.50. The van der Waals surface area contributed by atoms with Crippen molar-refractivity contribution in [1.29, 1.82) is 0 Å². The highest BCUT2D eigenvalue weighted by Crippen LogP contribution is 2.40. The van der Waals surface area contributed by atoms with E-state index in [1.165, 1.54) is 5.69 Å². The Labute approximate surface area is 346 Å². The molecule has 0 radical (unpaired) electrons. The lowest BCUT2D eigenvalue weighted by Crippen LogP contribution is -2.26. The Hall–Kier alpha value is -6.36. The molecule has 1 aliphatic rings. The van der Waals surface area contributed by atoms with Crippen LogP contribution in [0.4, 0.5) is 52.2 Å². The van der Waals surface area contributed by atoms with Crippen molar-refractivity contribution in [2.75, 3.05) is 46.7 Å². The van der Waals surface area contributed by atoms with Gasteiger partial charge in [0.15, 0.2) is 46.5 Å². The van der Waals surface area contributed by atoms with E-state index in [2.05, 4.69) is 51.0 Å². The average molecular weight is 860 g/mol. The van der Waals surface area contributed by atoms with E-state index in [0.717, 1.165) is 60.0 Å². The first-order chi connectivity index (χ1) is 29.0. The molecule has 1 aromatic heterocycles. The molecule has 0 spiro atoms. The van der Waals surface area contributed by atoms with Crippen molar-refractivity contribution in [3.8, 4) is 40.5 Å². The number of amides is 1. The molecule has 1 aliphatic heterocycles. The lowest BCUT2D eigenvalue weighted by atomic mass is 10.00. The number of carbonyl (C=O) groups is 1. The molecular weight excluding hydrogens is 831 g/mol. The third kappa shape index (κ3) is 9.25. The second-order valence-electron chi connectivity index (χ2n) is 13.0. The minimum absolute atomic E-state index is 0.352. The zero-order chi connectivity index (χ0) is 42.3. The predicted molar refractivity (Wildman–Crippen MR) is 219 cm³/mol. The summed E-state index contributed by atoms with van der Waals surface area (Å²) in [5, 5.41) is 4.61. The van der Waals surface area contributed by atoms with Crippen LogP contribution in [0.2, 0.25) is 0 Å². The number of aromatic nitrogens is 2. The fraction of sp³-hybridized carbons (Fsp3) is 0.136. The van der Waals surface area contributed by atoms with Crippen LogP contribution in [0, 0.1) is 70.2 Å². The molecule has 0 unspecified atom stereocenters. The van der Waals surface area contributed by atoms with Gasteiger partial charge in [0.25, 0.3) is 0 Å². The number of halogens is 8. The van der Waals surface area contributed by atoms with Crippen molar-refractivity contribution in [2.24, 2.45) is 0 Å². The van der Waals surface area contributed by atoms with Crippen LogP contribution in [-0.2, 0) is 4.79 Å². The van der Waals surface area contributed by atoms with Gasteiger partial charge in [0.05, 0.1) is 17.5 Å². The minimum Gasteiger partial charge on any atom is -0.380 e. The molecule has 0 aliphatic carbocycles. The number of hydrogen-bond donors (Lipinski definition) is 2. The Morgan fingerprint density at radius 1 is 0.617 bits per heavy atom. The third-order valence-corrected chi connectivity index (χ3v) is 11.5. The summed E-state index contributed by atoms with van der Waals surface area (Å²) >= 11 is 0. The molecule has 2 heterocycles. The van der Waals surface area contributed by atoms with E-state index in [4.69, 9.17) is 0 Å². The fourth-order valence-corrected chi connectivity index (χ4v) is 8.07. The summed E-state index contributed by atoms with van der Waals surface area (Å²) in [6.07, 6.45) is 2.31. The molecule has 5 aromatic carbocycles. The number of benzene rings is 5. The molecule has 7 rings (SSSR count). The van der Waals surface area contributed by atoms with E-state index in [-0.39, 0.29) is 0 Å². The first-order valence-corrected chi connectivity index (χ1v) is 20.6. The van der Waals surface area contributed by atoms with Gasteiger partial charge in [-0.25, -0.2) is 40.1 Å². The first-order valence-electron chi connectivity index (χ1n) is 18.1. The topological polar surface area (TPSA) is 62.2 Å². The zero-order valence-corrected chi connectivity index (χ0v) is 32.6. The van der Waals surface area contributed by atoms with Crippen LogP contribution >= 0.6 is 21.6 Å². The van der Waals surface area contributed by atoms with Crippen molar-refractivity contribution in [2.45, 2.75) is 6.42 Å². The van der Waals surface area contributed by atoms with Gasteiger partial charge in [-0.05, 0) is 72.8 Å². The van der Waals surface area contributed by atoms with Crippen LogP contribution in [-0.4, -0.2) is 46.6 Å². The van der Waals surface area contributed by atoms with Crippen LogP contribution in [0.15, 0.2) is 91.5 Å². The van der Waals surface area contributed by atoms with Gasteiger partial charge in [-0.15, -0.1) is 0 Å². The van der Waals surface area contributed by atoms with E-state index in [1.807, 2.05) is 63.3 Å². The molecule has 1 saturated heterocycles. The van der Waals surface area contributed by atoms with Gasteiger partial charge in [0.2, 0.25) is 5.91 Å². The monoisotopic (exact) mass is 859 g/mol.